The molecular formula is C23H21N3O4S2. The van der Waals surface area contributed by atoms with E-state index in [1.54, 1.807) is 7.11 Å². The van der Waals surface area contributed by atoms with Gasteiger partial charge in [0.1, 0.15) is 26.0 Å². The third-order valence-electron chi connectivity index (χ3n) is 5.04. The van der Waals surface area contributed by atoms with Crippen molar-refractivity contribution in [2.45, 2.75) is 13.8 Å². The van der Waals surface area contributed by atoms with E-state index in [1.165, 1.54) is 29.8 Å². The Morgan fingerprint density at radius 2 is 1.84 bits per heavy atom. The van der Waals surface area contributed by atoms with Crippen molar-refractivity contribution >= 4 is 55.5 Å². The van der Waals surface area contributed by atoms with E-state index in [0.717, 1.165) is 22.2 Å². The van der Waals surface area contributed by atoms with Crippen LogP contribution in [0.2, 0.25) is 0 Å². The number of carbonyl (C=O) groups excluding carboxylic acids is 2. The van der Waals surface area contributed by atoms with Crippen molar-refractivity contribution in [3.05, 3.63) is 57.4 Å². The number of nitrogens with zero attached hydrogens (tertiary/aromatic N) is 1. The lowest BCUT2D eigenvalue weighted by Crippen LogP contribution is -2.14. The number of thiophene rings is 2. The largest absolute Gasteiger partial charge is 0.497 e. The number of pyridine rings is 1. The van der Waals surface area contributed by atoms with Gasteiger partial charge in [0.05, 0.1) is 19.9 Å². The second kappa shape index (κ2) is 8.60. The highest BCUT2D eigenvalue weighted by molar-refractivity contribution is 7.21. The molecule has 4 rings (SSSR count). The van der Waals surface area contributed by atoms with E-state index in [4.69, 9.17) is 15.2 Å². The number of anilines is 2. The number of aryl methyl sites for hydroxylation is 2. The van der Waals surface area contributed by atoms with Crippen LogP contribution < -0.4 is 15.8 Å². The van der Waals surface area contributed by atoms with Gasteiger partial charge in [0.15, 0.2) is 0 Å². The van der Waals surface area contributed by atoms with E-state index >= 15 is 0 Å². The molecule has 164 valence electrons. The molecule has 32 heavy (non-hydrogen) atoms. The fourth-order valence-corrected chi connectivity index (χ4v) is 5.60. The molecule has 0 aliphatic carbocycles. The molecule has 4 aromatic rings. The van der Waals surface area contributed by atoms with Gasteiger partial charge in [-0.15, -0.1) is 22.7 Å². The molecule has 1 aromatic carbocycles. The molecule has 0 radical (unpaired) electrons. The number of nitrogen functional groups attached to an aromatic ring is 1. The van der Waals surface area contributed by atoms with Gasteiger partial charge in [0.25, 0.3) is 5.91 Å². The Labute approximate surface area is 192 Å². The normalized spacial score (nSPS) is 10.9. The summed E-state index contributed by atoms with van der Waals surface area (Å²) in [6.07, 6.45) is 0. The number of amides is 1. The van der Waals surface area contributed by atoms with Crippen molar-refractivity contribution in [1.82, 2.24) is 4.98 Å². The lowest BCUT2D eigenvalue weighted by molar-refractivity contribution is 0.0603. The number of fused-ring (bicyclic) bond motifs is 1. The van der Waals surface area contributed by atoms with E-state index in [9.17, 15) is 9.59 Å². The first kappa shape index (κ1) is 21.8. The number of hydrogen-bond donors (Lipinski definition) is 2. The standard InChI is InChI=1S/C23H21N3O4S2/c1-11-9-12(2)25-22-16(11)18(24)19(32-22)20(27)26-21-17(23(28)30-4)15(10-31-21)13-5-7-14(29-3)8-6-13/h5-10H,24H2,1-4H3,(H,26,27). The van der Waals surface area contributed by atoms with Gasteiger partial charge >= 0.3 is 5.97 Å². The van der Waals surface area contributed by atoms with Crippen LogP contribution in [0.4, 0.5) is 10.7 Å². The Bertz CT molecular complexity index is 1340. The minimum Gasteiger partial charge on any atom is -0.497 e. The Balaban J connectivity index is 1.73. The predicted octanol–water partition coefficient (Wildman–Crippen LogP) is 5.27. The van der Waals surface area contributed by atoms with Crippen molar-refractivity contribution in [3.8, 4) is 16.9 Å². The smallest absolute Gasteiger partial charge is 0.341 e. The first-order chi connectivity index (χ1) is 15.3. The Morgan fingerprint density at radius 1 is 1.12 bits per heavy atom. The number of carbonyl (C=O) groups is 2. The van der Waals surface area contributed by atoms with Crippen molar-refractivity contribution in [3.63, 3.8) is 0 Å². The molecule has 0 fully saturated rings. The third-order valence-corrected chi connectivity index (χ3v) is 7.03. The average Bonchev–Trinajstić information content (AvgIpc) is 3.34. The Kier molecular flexibility index (Phi) is 5.86. The number of benzene rings is 1. The van der Waals surface area contributed by atoms with Crippen LogP contribution in [0.15, 0.2) is 35.7 Å². The van der Waals surface area contributed by atoms with Gasteiger partial charge < -0.3 is 20.5 Å². The molecule has 0 atom stereocenters. The van der Waals surface area contributed by atoms with E-state index in [0.29, 0.717) is 37.3 Å². The topological polar surface area (TPSA) is 104 Å². The first-order valence-corrected chi connectivity index (χ1v) is 11.4. The highest BCUT2D eigenvalue weighted by Crippen LogP contribution is 2.39. The number of esters is 1. The lowest BCUT2D eigenvalue weighted by atomic mass is 10.0. The molecule has 7 nitrogen and oxygen atoms in total. The van der Waals surface area contributed by atoms with E-state index in [-0.39, 0.29) is 0 Å². The number of ether oxygens (including phenoxy) is 2. The second-order valence-corrected chi connectivity index (χ2v) is 9.01. The molecule has 0 unspecified atom stereocenters. The molecule has 1 amide bonds. The third kappa shape index (κ3) is 3.80. The summed E-state index contributed by atoms with van der Waals surface area (Å²) in [7, 11) is 2.90. The minimum absolute atomic E-state index is 0.292. The van der Waals surface area contributed by atoms with Gasteiger partial charge in [-0.05, 0) is 43.2 Å². The first-order valence-electron chi connectivity index (χ1n) is 9.65. The molecule has 3 aromatic heterocycles. The number of aromatic nitrogens is 1. The van der Waals surface area contributed by atoms with Gasteiger partial charge in [-0.2, -0.15) is 0 Å². The molecule has 3 N–H and O–H groups in total. The number of nitrogens with one attached hydrogen (secondary N) is 1. The Morgan fingerprint density at radius 3 is 2.50 bits per heavy atom. The van der Waals surface area contributed by atoms with E-state index in [2.05, 4.69) is 10.3 Å². The highest BCUT2D eigenvalue weighted by atomic mass is 32.1. The fraction of sp³-hybridized carbons (Fsp3) is 0.174. The molecule has 0 bridgehead atoms. The number of methoxy groups -OCH3 is 2. The van der Waals surface area contributed by atoms with Crippen LogP contribution in [0.5, 0.6) is 5.75 Å². The summed E-state index contributed by atoms with van der Waals surface area (Å²) in [6.45, 7) is 3.84. The maximum Gasteiger partial charge on any atom is 0.341 e. The van der Waals surface area contributed by atoms with Crippen molar-refractivity contribution in [1.29, 1.82) is 0 Å². The lowest BCUT2D eigenvalue weighted by Gasteiger charge is -2.08. The second-order valence-electron chi connectivity index (χ2n) is 7.13. The van der Waals surface area contributed by atoms with Crippen molar-refractivity contribution in [2.75, 3.05) is 25.3 Å². The zero-order chi connectivity index (χ0) is 23.0. The summed E-state index contributed by atoms with van der Waals surface area (Å²) < 4.78 is 10.2. The predicted molar refractivity (Wildman–Crippen MR) is 129 cm³/mol. The molecule has 9 heteroatoms. The monoisotopic (exact) mass is 467 g/mol. The summed E-state index contributed by atoms with van der Waals surface area (Å²) >= 11 is 2.48. The average molecular weight is 468 g/mol. The Hall–Kier alpha value is -3.43. The summed E-state index contributed by atoms with van der Waals surface area (Å²) in [5.41, 5.74) is 10.3. The molecule has 0 aliphatic heterocycles. The molecule has 0 aliphatic rings. The summed E-state index contributed by atoms with van der Waals surface area (Å²) in [5.74, 6) is -0.225. The molecule has 0 saturated heterocycles. The zero-order valence-electron chi connectivity index (χ0n) is 17.9. The van der Waals surface area contributed by atoms with Gasteiger partial charge in [-0.25, -0.2) is 9.78 Å². The van der Waals surface area contributed by atoms with Crippen LogP contribution in [-0.2, 0) is 4.74 Å². The van der Waals surface area contributed by atoms with E-state index in [1.807, 2.05) is 49.6 Å². The van der Waals surface area contributed by atoms with Gasteiger partial charge in [-0.1, -0.05) is 12.1 Å². The number of hydrogen-bond acceptors (Lipinski definition) is 8. The van der Waals surface area contributed by atoms with Crippen LogP contribution in [0.25, 0.3) is 21.3 Å². The van der Waals surface area contributed by atoms with Gasteiger partial charge in [-0.3, -0.25) is 4.79 Å². The van der Waals surface area contributed by atoms with Gasteiger partial charge in [0.2, 0.25) is 0 Å². The summed E-state index contributed by atoms with van der Waals surface area (Å²) in [5, 5.41) is 5.84. The maximum atomic E-state index is 13.1. The summed E-state index contributed by atoms with van der Waals surface area (Å²) in [6, 6.07) is 9.24. The van der Waals surface area contributed by atoms with Gasteiger partial charge in [0, 0.05) is 22.0 Å². The quantitative estimate of drug-likeness (QED) is 0.388. The molecular weight excluding hydrogens is 446 g/mol. The SMILES string of the molecule is COC(=O)c1c(-c2ccc(OC)cc2)csc1NC(=O)c1sc2nc(C)cc(C)c2c1N. The van der Waals surface area contributed by atoms with Crippen molar-refractivity contribution in [2.24, 2.45) is 0 Å². The highest BCUT2D eigenvalue weighted by Gasteiger charge is 2.25. The maximum absolute atomic E-state index is 13.1. The zero-order valence-corrected chi connectivity index (χ0v) is 19.6. The van der Waals surface area contributed by atoms with Crippen LogP contribution in [-0.4, -0.2) is 31.1 Å². The van der Waals surface area contributed by atoms with E-state index < -0.39 is 11.9 Å². The van der Waals surface area contributed by atoms with Crippen LogP contribution in [0.1, 0.15) is 31.3 Å². The minimum atomic E-state index is -0.537. The fourth-order valence-electron chi connectivity index (χ4n) is 3.54. The molecule has 0 saturated carbocycles. The van der Waals surface area contributed by atoms with Crippen LogP contribution in [0, 0.1) is 13.8 Å². The van der Waals surface area contributed by atoms with Crippen LogP contribution >= 0.6 is 22.7 Å². The molecule has 3 heterocycles. The summed E-state index contributed by atoms with van der Waals surface area (Å²) in [4.78, 5) is 31.3. The number of rotatable bonds is 5. The van der Waals surface area contributed by atoms with Crippen LogP contribution in [0.3, 0.4) is 0 Å². The molecule has 0 spiro atoms. The number of nitrogens with two attached hydrogens (primary N) is 1. The van der Waals surface area contributed by atoms with Crippen molar-refractivity contribution < 1.29 is 19.1 Å².